The Hall–Kier alpha value is -2.18. The fourth-order valence-corrected chi connectivity index (χ4v) is 3.15. The van der Waals surface area contributed by atoms with E-state index in [1.807, 2.05) is 61.2 Å². The van der Waals surface area contributed by atoms with Crippen LogP contribution in [0.5, 0.6) is 0 Å². The summed E-state index contributed by atoms with van der Waals surface area (Å²) in [5, 5.41) is 12.0. The molecule has 2 amide bonds. The Bertz CT molecular complexity index is 616. The van der Waals surface area contributed by atoms with Crippen molar-refractivity contribution in [3.8, 4) is 0 Å². The molecule has 2 N–H and O–H groups in total. The topological polar surface area (TPSA) is 72.9 Å². The Labute approximate surface area is 155 Å². The van der Waals surface area contributed by atoms with Crippen LogP contribution in [0.3, 0.4) is 0 Å². The molecule has 0 bridgehead atoms. The number of piperazine rings is 1. The number of hydrogen-bond donors (Lipinski definition) is 2. The van der Waals surface area contributed by atoms with Crippen molar-refractivity contribution in [1.82, 2.24) is 15.1 Å². The number of aliphatic hydroxyl groups excluding tert-OH is 1. The number of nitrogens with zero attached hydrogens (tertiary/aromatic N) is 2. The number of benzene rings is 1. The Morgan fingerprint density at radius 1 is 1.38 bits per heavy atom. The third-order valence-corrected chi connectivity index (χ3v) is 4.54. The predicted molar refractivity (Wildman–Crippen MR) is 102 cm³/mol. The number of carbonyl (C=O) groups is 2. The van der Waals surface area contributed by atoms with Gasteiger partial charge >= 0.3 is 0 Å². The van der Waals surface area contributed by atoms with Crippen molar-refractivity contribution in [2.75, 3.05) is 32.8 Å². The van der Waals surface area contributed by atoms with Gasteiger partial charge in [-0.25, -0.2) is 0 Å². The van der Waals surface area contributed by atoms with Gasteiger partial charge in [-0.05, 0) is 19.4 Å². The number of aliphatic hydroxyl groups is 1. The van der Waals surface area contributed by atoms with Gasteiger partial charge in [-0.2, -0.15) is 0 Å². The summed E-state index contributed by atoms with van der Waals surface area (Å²) in [6.45, 7) is 5.95. The molecule has 26 heavy (non-hydrogen) atoms. The molecule has 0 radical (unpaired) electrons. The molecular formula is C20H29N3O3. The number of rotatable bonds is 8. The highest BCUT2D eigenvalue weighted by Crippen LogP contribution is 2.13. The lowest BCUT2D eigenvalue weighted by molar-refractivity contribution is -0.140. The van der Waals surface area contributed by atoms with Gasteiger partial charge in [0.1, 0.15) is 0 Å². The van der Waals surface area contributed by atoms with E-state index in [1.54, 1.807) is 4.90 Å². The highest BCUT2D eigenvalue weighted by molar-refractivity contribution is 5.89. The summed E-state index contributed by atoms with van der Waals surface area (Å²) >= 11 is 0. The van der Waals surface area contributed by atoms with Crippen LogP contribution in [0.25, 0.3) is 6.08 Å². The van der Waals surface area contributed by atoms with Crippen molar-refractivity contribution in [1.29, 1.82) is 0 Å². The molecule has 1 atom stereocenters. The van der Waals surface area contributed by atoms with Crippen molar-refractivity contribution >= 4 is 17.9 Å². The first kappa shape index (κ1) is 20.1. The smallest absolute Gasteiger partial charge is 0.237 e. The molecule has 1 aromatic rings. The molecule has 6 nitrogen and oxygen atoms in total. The Balaban J connectivity index is 2.01. The second-order valence-electron chi connectivity index (χ2n) is 6.72. The van der Waals surface area contributed by atoms with E-state index in [1.165, 1.54) is 0 Å². The van der Waals surface area contributed by atoms with E-state index in [-0.39, 0.29) is 30.9 Å². The lowest BCUT2D eigenvalue weighted by Gasteiger charge is -2.35. The maximum atomic E-state index is 12.6. The minimum Gasteiger partial charge on any atom is -0.395 e. The van der Waals surface area contributed by atoms with E-state index >= 15 is 0 Å². The van der Waals surface area contributed by atoms with Gasteiger partial charge in [-0.1, -0.05) is 42.5 Å². The number of carbonyl (C=O) groups excluding carboxylic acids is 2. The molecule has 0 aliphatic carbocycles. The van der Waals surface area contributed by atoms with Gasteiger partial charge in [-0.3, -0.25) is 14.5 Å². The average molecular weight is 359 g/mol. The fourth-order valence-electron chi connectivity index (χ4n) is 3.15. The lowest BCUT2D eigenvalue weighted by atomic mass is 10.1. The van der Waals surface area contributed by atoms with Gasteiger partial charge in [-0.15, -0.1) is 0 Å². The minimum atomic E-state index is -0.475. The standard InChI is InChI=1S/C20H29N3O3/c1-16(2)23(13-14-24)19(25)15-18-20(26)21-10-12-22(18)11-6-9-17-7-4-3-5-8-17/h3-9,16,18,24H,10-15H2,1-2H3,(H,21,26)/b9-6+/t18-/m0/s1. The van der Waals surface area contributed by atoms with Crippen LogP contribution < -0.4 is 5.32 Å². The molecule has 0 unspecified atom stereocenters. The summed E-state index contributed by atoms with van der Waals surface area (Å²) in [4.78, 5) is 28.6. The van der Waals surface area contributed by atoms with E-state index in [0.29, 0.717) is 26.2 Å². The van der Waals surface area contributed by atoms with E-state index < -0.39 is 6.04 Å². The van der Waals surface area contributed by atoms with Crippen molar-refractivity contribution in [2.24, 2.45) is 0 Å². The molecular weight excluding hydrogens is 330 g/mol. The van der Waals surface area contributed by atoms with Crippen molar-refractivity contribution in [2.45, 2.75) is 32.4 Å². The first-order valence-corrected chi connectivity index (χ1v) is 9.16. The van der Waals surface area contributed by atoms with Crippen LogP contribution in [-0.2, 0) is 9.59 Å². The fraction of sp³-hybridized carbons (Fsp3) is 0.500. The van der Waals surface area contributed by atoms with Gasteiger partial charge in [0.25, 0.3) is 0 Å². The van der Waals surface area contributed by atoms with Crippen LogP contribution in [0.15, 0.2) is 36.4 Å². The van der Waals surface area contributed by atoms with Gasteiger partial charge in [0.2, 0.25) is 11.8 Å². The maximum Gasteiger partial charge on any atom is 0.237 e. The first-order chi connectivity index (χ1) is 12.5. The first-order valence-electron chi connectivity index (χ1n) is 9.16. The van der Waals surface area contributed by atoms with Crippen molar-refractivity contribution in [3.63, 3.8) is 0 Å². The Morgan fingerprint density at radius 2 is 2.12 bits per heavy atom. The van der Waals surface area contributed by atoms with Gasteiger partial charge in [0.05, 0.1) is 19.1 Å². The highest BCUT2D eigenvalue weighted by atomic mass is 16.3. The average Bonchev–Trinajstić information content (AvgIpc) is 2.63. The van der Waals surface area contributed by atoms with Gasteiger partial charge in [0.15, 0.2) is 0 Å². The number of amides is 2. The van der Waals surface area contributed by atoms with E-state index in [0.717, 1.165) is 5.56 Å². The summed E-state index contributed by atoms with van der Waals surface area (Å²) in [7, 11) is 0. The minimum absolute atomic E-state index is 0.00673. The monoisotopic (exact) mass is 359 g/mol. The van der Waals surface area contributed by atoms with Crippen LogP contribution in [-0.4, -0.2) is 71.6 Å². The number of hydrogen-bond acceptors (Lipinski definition) is 4. The van der Waals surface area contributed by atoms with E-state index in [4.69, 9.17) is 0 Å². The Kier molecular flexibility index (Phi) is 7.81. The summed E-state index contributed by atoms with van der Waals surface area (Å²) in [6.07, 6.45) is 4.18. The van der Waals surface area contributed by atoms with Crippen LogP contribution in [0, 0.1) is 0 Å². The zero-order chi connectivity index (χ0) is 18.9. The summed E-state index contributed by atoms with van der Waals surface area (Å²) in [5.74, 6) is -0.210. The van der Waals surface area contributed by atoms with Crippen LogP contribution in [0.1, 0.15) is 25.8 Å². The summed E-state index contributed by atoms with van der Waals surface area (Å²) < 4.78 is 0. The molecule has 0 spiro atoms. The molecule has 1 aliphatic rings. The second-order valence-corrected chi connectivity index (χ2v) is 6.72. The molecule has 1 aliphatic heterocycles. The SMILES string of the molecule is CC(C)N(CCO)C(=O)C[C@H]1C(=O)NCCN1C/C=C/c1ccccc1. The quantitative estimate of drug-likeness (QED) is 0.730. The molecule has 142 valence electrons. The number of nitrogens with one attached hydrogen (secondary N) is 1. The van der Waals surface area contributed by atoms with Crippen LogP contribution >= 0.6 is 0 Å². The molecule has 0 aromatic heterocycles. The highest BCUT2D eigenvalue weighted by Gasteiger charge is 2.32. The second kappa shape index (κ2) is 10.1. The molecule has 1 aromatic carbocycles. The normalized spacial score (nSPS) is 18.3. The third-order valence-electron chi connectivity index (χ3n) is 4.54. The molecule has 1 fully saturated rings. The largest absolute Gasteiger partial charge is 0.395 e. The molecule has 0 saturated carbocycles. The summed E-state index contributed by atoms with van der Waals surface area (Å²) in [5.41, 5.74) is 1.11. The van der Waals surface area contributed by atoms with Crippen molar-refractivity contribution in [3.05, 3.63) is 42.0 Å². The van der Waals surface area contributed by atoms with Crippen LogP contribution in [0.4, 0.5) is 0 Å². The molecule has 2 rings (SSSR count). The Morgan fingerprint density at radius 3 is 2.77 bits per heavy atom. The summed E-state index contributed by atoms with van der Waals surface area (Å²) in [6, 6.07) is 9.50. The van der Waals surface area contributed by atoms with Gasteiger partial charge in [0, 0.05) is 32.2 Å². The molecule has 1 saturated heterocycles. The lowest BCUT2D eigenvalue weighted by Crippen LogP contribution is -2.57. The molecule has 6 heteroatoms. The van der Waals surface area contributed by atoms with E-state index in [2.05, 4.69) is 5.32 Å². The van der Waals surface area contributed by atoms with Crippen molar-refractivity contribution < 1.29 is 14.7 Å². The zero-order valence-corrected chi connectivity index (χ0v) is 15.6. The van der Waals surface area contributed by atoms with E-state index in [9.17, 15) is 14.7 Å². The maximum absolute atomic E-state index is 12.6. The zero-order valence-electron chi connectivity index (χ0n) is 15.6. The predicted octanol–water partition coefficient (Wildman–Crippen LogP) is 1.12. The van der Waals surface area contributed by atoms with Crippen LogP contribution in [0.2, 0.25) is 0 Å². The third kappa shape index (κ3) is 5.68. The van der Waals surface area contributed by atoms with Gasteiger partial charge < -0.3 is 15.3 Å². The molecule has 1 heterocycles.